The van der Waals surface area contributed by atoms with Crippen molar-refractivity contribution in [3.8, 4) is 6.07 Å². The first-order valence-electron chi connectivity index (χ1n) is 7.64. The van der Waals surface area contributed by atoms with Crippen LogP contribution in [-0.2, 0) is 9.53 Å². The van der Waals surface area contributed by atoms with Gasteiger partial charge in [0.15, 0.2) is 0 Å². The largest absolute Gasteiger partial charge is 0.385 e. The second-order valence-electron chi connectivity index (χ2n) is 5.38. The van der Waals surface area contributed by atoms with E-state index in [0.717, 1.165) is 13.0 Å². The summed E-state index contributed by atoms with van der Waals surface area (Å²) in [5.74, 6) is -0.460. The van der Waals surface area contributed by atoms with Crippen LogP contribution in [0.3, 0.4) is 0 Å². The van der Waals surface area contributed by atoms with E-state index in [-0.39, 0.29) is 30.7 Å². The monoisotopic (exact) mass is 321 g/mol. The quantitative estimate of drug-likeness (QED) is 0.656. The molecule has 0 spiro atoms. The molecule has 0 N–H and O–H groups in total. The minimum absolute atomic E-state index is 0.105. The summed E-state index contributed by atoms with van der Waals surface area (Å²) in [7, 11) is 3.53. The summed E-state index contributed by atoms with van der Waals surface area (Å²) in [4.78, 5) is 16.2. The molecule has 0 aliphatic carbocycles. The lowest BCUT2D eigenvalue weighted by Crippen LogP contribution is -2.46. The lowest BCUT2D eigenvalue weighted by atomic mass is 10.2. The molecule has 0 bridgehead atoms. The van der Waals surface area contributed by atoms with Gasteiger partial charge in [-0.3, -0.25) is 9.69 Å². The molecule has 0 saturated heterocycles. The lowest BCUT2D eigenvalue weighted by Gasteiger charge is -2.30. The Morgan fingerprint density at radius 1 is 1.35 bits per heavy atom. The first-order valence-corrected chi connectivity index (χ1v) is 7.64. The van der Waals surface area contributed by atoms with Crippen molar-refractivity contribution in [1.82, 2.24) is 4.90 Å². The van der Waals surface area contributed by atoms with Crippen molar-refractivity contribution in [2.75, 3.05) is 38.8 Å². The molecule has 5 nitrogen and oxygen atoms in total. The van der Waals surface area contributed by atoms with Gasteiger partial charge in [0.05, 0.1) is 18.5 Å². The van der Waals surface area contributed by atoms with E-state index in [4.69, 9.17) is 10.00 Å². The van der Waals surface area contributed by atoms with Crippen molar-refractivity contribution < 1.29 is 13.9 Å². The fourth-order valence-electron chi connectivity index (χ4n) is 2.22. The predicted molar refractivity (Wildman–Crippen MR) is 87.6 cm³/mol. The molecule has 1 aromatic carbocycles. The van der Waals surface area contributed by atoms with Crippen LogP contribution in [0.5, 0.6) is 0 Å². The Kier molecular flexibility index (Phi) is 8.23. The van der Waals surface area contributed by atoms with Crippen LogP contribution >= 0.6 is 0 Å². The van der Waals surface area contributed by atoms with Gasteiger partial charge < -0.3 is 9.64 Å². The van der Waals surface area contributed by atoms with Crippen molar-refractivity contribution in [2.24, 2.45) is 0 Å². The van der Waals surface area contributed by atoms with Crippen molar-refractivity contribution in [2.45, 2.75) is 25.8 Å². The molecular formula is C17H24FN3O2. The Morgan fingerprint density at radius 3 is 2.57 bits per heavy atom. The zero-order valence-corrected chi connectivity index (χ0v) is 14.0. The second kappa shape index (κ2) is 9.93. The first-order chi connectivity index (χ1) is 11.0. The maximum absolute atomic E-state index is 13.1. The average Bonchev–Trinajstić information content (AvgIpc) is 2.55. The third-order valence-corrected chi connectivity index (χ3v) is 3.73. The average molecular weight is 321 g/mol. The van der Waals surface area contributed by atoms with Crippen LogP contribution < -0.4 is 4.90 Å². The minimum Gasteiger partial charge on any atom is -0.385 e. The number of halogens is 1. The summed E-state index contributed by atoms with van der Waals surface area (Å²) in [6.45, 7) is 3.49. The van der Waals surface area contributed by atoms with Crippen LogP contribution in [-0.4, -0.2) is 50.7 Å². The van der Waals surface area contributed by atoms with Gasteiger partial charge in [0.1, 0.15) is 5.82 Å². The van der Waals surface area contributed by atoms with Gasteiger partial charge in [0.25, 0.3) is 0 Å². The highest BCUT2D eigenvalue weighted by atomic mass is 19.1. The van der Waals surface area contributed by atoms with E-state index in [1.807, 2.05) is 24.9 Å². The number of rotatable bonds is 9. The van der Waals surface area contributed by atoms with Gasteiger partial charge in [-0.15, -0.1) is 0 Å². The zero-order valence-electron chi connectivity index (χ0n) is 14.0. The summed E-state index contributed by atoms with van der Waals surface area (Å²) in [5, 5.41) is 8.81. The van der Waals surface area contributed by atoms with Gasteiger partial charge in [0, 0.05) is 32.5 Å². The minimum atomic E-state index is -0.355. The molecule has 1 unspecified atom stereocenters. The number of ether oxygens (including phenoxy) is 1. The van der Waals surface area contributed by atoms with Crippen molar-refractivity contribution in [1.29, 1.82) is 5.26 Å². The molecule has 126 valence electrons. The number of hydrogen-bond acceptors (Lipinski definition) is 4. The molecule has 0 fully saturated rings. The third kappa shape index (κ3) is 5.97. The van der Waals surface area contributed by atoms with E-state index in [2.05, 4.69) is 0 Å². The fraction of sp³-hybridized carbons (Fsp3) is 0.529. The molecule has 0 aliphatic heterocycles. The van der Waals surface area contributed by atoms with Crippen molar-refractivity contribution in [3.05, 3.63) is 30.1 Å². The summed E-state index contributed by atoms with van der Waals surface area (Å²) in [6.07, 6.45) is 1.06. The molecule has 0 radical (unpaired) electrons. The molecule has 1 aromatic rings. The van der Waals surface area contributed by atoms with Crippen LogP contribution in [0.4, 0.5) is 10.1 Å². The number of carbonyl (C=O) groups excluding carboxylic acids is 1. The van der Waals surface area contributed by atoms with Gasteiger partial charge in [-0.2, -0.15) is 5.26 Å². The maximum atomic E-state index is 13.1. The number of likely N-dealkylation sites (N-methyl/N-ethyl adjacent to an activating group) is 1. The highest BCUT2D eigenvalue weighted by molar-refractivity contribution is 5.96. The maximum Gasteiger partial charge on any atom is 0.244 e. The van der Waals surface area contributed by atoms with Crippen LogP contribution in [0, 0.1) is 17.1 Å². The third-order valence-electron chi connectivity index (χ3n) is 3.73. The predicted octanol–water partition coefficient (Wildman–Crippen LogP) is 2.43. The smallest absolute Gasteiger partial charge is 0.244 e. The van der Waals surface area contributed by atoms with Crippen LogP contribution in [0.25, 0.3) is 0 Å². The number of nitrogens with zero attached hydrogens (tertiary/aromatic N) is 3. The normalized spacial score (nSPS) is 12.0. The number of carbonyl (C=O) groups is 1. The summed E-state index contributed by atoms with van der Waals surface area (Å²) >= 11 is 0. The molecule has 0 saturated carbocycles. The molecular weight excluding hydrogens is 297 g/mol. The number of nitriles is 1. The first kappa shape index (κ1) is 19.1. The molecule has 1 atom stereocenters. The molecule has 0 heterocycles. The summed E-state index contributed by atoms with van der Waals surface area (Å²) < 4.78 is 18.1. The van der Waals surface area contributed by atoms with E-state index in [9.17, 15) is 9.18 Å². The van der Waals surface area contributed by atoms with Gasteiger partial charge in [0.2, 0.25) is 5.91 Å². The van der Waals surface area contributed by atoms with Gasteiger partial charge in [-0.1, -0.05) is 0 Å². The van der Waals surface area contributed by atoms with Crippen LogP contribution in [0.15, 0.2) is 24.3 Å². The van der Waals surface area contributed by atoms with Crippen LogP contribution in [0.2, 0.25) is 0 Å². The highest BCUT2D eigenvalue weighted by Crippen LogP contribution is 2.17. The Balaban J connectivity index is 2.82. The van der Waals surface area contributed by atoms with Gasteiger partial charge in [-0.05, 0) is 44.7 Å². The number of hydrogen-bond donors (Lipinski definition) is 0. The van der Waals surface area contributed by atoms with Gasteiger partial charge >= 0.3 is 0 Å². The Labute approximate surface area is 137 Å². The lowest BCUT2D eigenvalue weighted by molar-refractivity contribution is -0.122. The van der Waals surface area contributed by atoms with E-state index in [1.54, 1.807) is 24.1 Å². The molecule has 0 aromatic heterocycles. The van der Waals surface area contributed by atoms with E-state index in [1.165, 1.54) is 12.1 Å². The number of benzene rings is 1. The van der Waals surface area contributed by atoms with Gasteiger partial charge in [-0.25, -0.2) is 4.39 Å². The van der Waals surface area contributed by atoms with Crippen molar-refractivity contribution in [3.63, 3.8) is 0 Å². The molecule has 1 amide bonds. The Bertz CT molecular complexity index is 528. The molecule has 1 rings (SSSR count). The Hall–Kier alpha value is -1.97. The highest BCUT2D eigenvalue weighted by Gasteiger charge is 2.24. The summed E-state index contributed by atoms with van der Waals surface area (Å²) in [6, 6.07) is 7.45. The molecule has 6 heteroatoms. The van der Waals surface area contributed by atoms with Crippen LogP contribution in [0.1, 0.15) is 19.8 Å². The zero-order chi connectivity index (χ0) is 17.2. The fourth-order valence-corrected chi connectivity index (χ4v) is 2.22. The molecule has 0 aliphatic rings. The van der Waals surface area contributed by atoms with E-state index >= 15 is 0 Å². The van der Waals surface area contributed by atoms with Crippen molar-refractivity contribution >= 4 is 11.6 Å². The SMILES string of the molecule is COCCCN(C)C(C)C(=O)N(CCC#N)c1ccc(F)cc1. The topological polar surface area (TPSA) is 56.6 Å². The summed E-state index contributed by atoms with van der Waals surface area (Å²) in [5.41, 5.74) is 0.601. The standard InChI is InChI=1S/C17H24FN3O2/c1-14(20(2)11-5-13-23-3)17(22)21(12-4-10-19)16-8-6-15(18)7-9-16/h6-9,14H,4-5,11-13H2,1-3H3. The second-order valence-corrected chi connectivity index (χ2v) is 5.38. The number of methoxy groups -OCH3 is 1. The van der Waals surface area contributed by atoms with E-state index in [0.29, 0.717) is 12.3 Å². The molecule has 23 heavy (non-hydrogen) atoms. The van der Waals surface area contributed by atoms with E-state index < -0.39 is 0 Å². The number of amides is 1. The Morgan fingerprint density at radius 2 is 2.00 bits per heavy atom. The number of anilines is 1.